The van der Waals surface area contributed by atoms with E-state index in [-0.39, 0.29) is 0 Å². The highest BCUT2D eigenvalue weighted by Crippen LogP contribution is 2.27. The van der Waals surface area contributed by atoms with E-state index < -0.39 is 0 Å². The molecule has 0 atom stereocenters. The number of rotatable bonds is 2. The van der Waals surface area contributed by atoms with Crippen LogP contribution in [0.5, 0.6) is 0 Å². The van der Waals surface area contributed by atoms with E-state index in [0.29, 0.717) is 10.6 Å². The summed E-state index contributed by atoms with van der Waals surface area (Å²) in [5, 5.41) is 12.6. The predicted octanol–water partition coefficient (Wildman–Crippen LogP) is 4.57. The summed E-state index contributed by atoms with van der Waals surface area (Å²) >= 11 is 6.01. The van der Waals surface area contributed by atoms with Gasteiger partial charge < -0.3 is 5.32 Å². The Kier molecular flexibility index (Phi) is 3.55. The molecule has 0 aliphatic carbocycles. The van der Waals surface area contributed by atoms with Gasteiger partial charge >= 0.3 is 0 Å². The average Bonchev–Trinajstić information content (AvgIpc) is 2.34. The quantitative estimate of drug-likeness (QED) is 0.854. The summed E-state index contributed by atoms with van der Waals surface area (Å²) in [7, 11) is 0. The minimum Gasteiger partial charge on any atom is -0.355 e. The number of hydrogen-bond donors (Lipinski definition) is 1. The zero-order valence-corrected chi connectivity index (χ0v) is 11.0. The molecule has 0 radical (unpaired) electrons. The second kappa shape index (κ2) is 5.12. The zero-order valence-electron chi connectivity index (χ0n) is 10.3. The van der Waals surface area contributed by atoms with E-state index in [1.807, 2.05) is 18.2 Å². The second-order valence-corrected chi connectivity index (χ2v) is 4.61. The molecule has 0 bridgehead atoms. The Morgan fingerprint density at radius 2 is 1.78 bits per heavy atom. The van der Waals surface area contributed by atoms with Gasteiger partial charge in [-0.05, 0) is 43.2 Å². The average molecular weight is 257 g/mol. The van der Waals surface area contributed by atoms with Crippen molar-refractivity contribution in [2.75, 3.05) is 5.32 Å². The van der Waals surface area contributed by atoms with Gasteiger partial charge in [0, 0.05) is 11.4 Å². The molecule has 2 aromatic rings. The molecule has 0 aliphatic rings. The fourth-order valence-corrected chi connectivity index (χ4v) is 2.06. The zero-order chi connectivity index (χ0) is 13.1. The number of anilines is 2. The minimum atomic E-state index is 0.466. The Morgan fingerprint density at radius 3 is 2.33 bits per heavy atom. The lowest BCUT2D eigenvalue weighted by Gasteiger charge is -2.13. The van der Waals surface area contributed by atoms with Crippen LogP contribution in [0.15, 0.2) is 36.4 Å². The van der Waals surface area contributed by atoms with Gasteiger partial charge in [-0.3, -0.25) is 0 Å². The highest BCUT2D eigenvalue weighted by molar-refractivity contribution is 6.32. The first-order chi connectivity index (χ1) is 8.61. The molecule has 0 saturated heterocycles. The lowest BCUT2D eigenvalue weighted by molar-refractivity contribution is 1.36. The Labute approximate surface area is 112 Å². The highest BCUT2D eigenvalue weighted by Gasteiger charge is 2.04. The van der Waals surface area contributed by atoms with Crippen LogP contribution in [-0.2, 0) is 0 Å². The van der Waals surface area contributed by atoms with Crippen molar-refractivity contribution in [2.24, 2.45) is 0 Å². The van der Waals surface area contributed by atoms with Crippen LogP contribution in [0, 0.1) is 25.2 Å². The van der Waals surface area contributed by atoms with Gasteiger partial charge in [-0.1, -0.05) is 29.8 Å². The lowest BCUT2D eigenvalue weighted by atomic mass is 10.1. The van der Waals surface area contributed by atoms with Gasteiger partial charge in [-0.25, -0.2) is 0 Å². The molecule has 3 heteroatoms. The Morgan fingerprint density at radius 1 is 1.11 bits per heavy atom. The molecule has 18 heavy (non-hydrogen) atoms. The summed E-state index contributed by atoms with van der Waals surface area (Å²) < 4.78 is 0. The third kappa shape index (κ3) is 2.47. The van der Waals surface area contributed by atoms with Crippen LogP contribution in [-0.4, -0.2) is 0 Å². The number of nitrogens with one attached hydrogen (secondary N) is 1. The summed E-state index contributed by atoms with van der Waals surface area (Å²) in [4.78, 5) is 0. The van der Waals surface area contributed by atoms with E-state index in [2.05, 4.69) is 31.3 Å². The molecule has 0 spiro atoms. The van der Waals surface area contributed by atoms with Gasteiger partial charge in [-0.2, -0.15) is 5.26 Å². The topological polar surface area (TPSA) is 35.8 Å². The van der Waals surface area contributed by atoms with E-state index >= 15 is 0 Å². The summed E-state index contributed by atoms with van der Waals surface area (Å²) in [6.45, 7) is 4.11. The Bertz CT molecular complexity index is 607. The van der Waals surface area contributed by atoms with Crippen molar-refractivity contribution in [1.82, 2.24) is 0 Å². The fourth-order valence-electron chi connectivity index (χ4n) is 1.84. The molecular formula is C15H13ClN2. The van der Waals surface area contributed by atoms with Crippen molar-refractivity contribution in [3.05, 3.63) is 58.1 Å². The van der Waals surface area contributed by atoms with Crippen molar-refractivity contribution in [1.29, 1.82) is 5.26 Å². The van der Waals surface area contributed by atoms with Gasteiger partial charge in [-0.15, -0.1) is 0 Å². The van der Waals surface area contributed by atoms with Gasteiger partial charge in [0.1, 0.15) is 6.07 Å². The van der Waals surface area contributed by atoms with E-state index in [1.165, 1.54) is 11.1 Å². The fraction of sp³-hybridized carbons (Fsp3) is 0.133. The van der Waals surface area contributed by atoms with Crippen molar-refractivity contribution >= 4 is 23.0 Å². The maximum absolute atomic E-state index is 8.83. The first-order valence-corrected chi connectivity index (χ1v) is 6.02. The molecule has 2 aromatic carbocycles. The standard InChI is InChI=1S/C15H13ClN2/c1-10-4-3-5-11(2)15(10)18-13-7-6-12(9-17)14(16)8-13/h3-8,18H,1-2H3. The van der Waals surface area contributed by atoms with Crippen molar-refractivity contribution in [3.8, 4) is 6.07 Å². The number of benzene rings is 2. The largest absolute Gasteiger partial charge is 0.355 e. The van der Waals surface area contributed by atoms with E-state index in [0.717, 1.165) is 11.4 Å². The molecule has 90 valence electrons. The van der Waals surface area contributed by atoms with Crippen LogP contribution in [0.3, 0.4) is 0 Å². The monoisotopic (exact) mass is 256 g/mol. The number of para-hydroxylation sites is 1. The van der Waals surface area contributed by atoms with Gasteiger partial charge in [0.15, 0.2) is 0 Å². The van der Waals surface area contributed by atoms with Crippen molar-refractivity contribution in [2.45, 2.75) is 13.8 Å². The molecule has 0 heterocycles. The van der Waals surface area contributed by atoms with Crippen molar-refractivity contribution < 1.29 is 0 Å². The van der Waals surface area contributed by atoms with Crippen LogP contribution < -0.4 is 5.32 Å². The molecule has 0 aliphatic heterocycles. The number of nitrogens with zero attached hydrogens (tertiary/aromatic N) is 1. The molecular weight excluding hydrogens is 244 g/mol. The SMILES string of the molecule is Cc1cccc(C)c1Nc1ccc(C#N)c(Cl)c1. The first-order valence-electron chi connectivity index (χ1n) is 5.64. The molecule has 2 rings (SSSR count). The lowest BCUT2D eigenvalue weighted by Crippen LogP contribution is -1.96. The van der Waals surface area contributed by atoms with Gasteiger partial charge in [0.25, 0.3) is 0 Å². The number of halogens is 1. The second-order valence-electron chi connectivity index (χ2n) is 4.20. The van der Waals surface area contributed by atoms with Gasteiger partial charge in [0.05, 0.1) is 10.6 Å². The number of hydrogen-bond acceptors (Lipinski definition) is 2. The Hall–Kier alpha value is -1.98. The molecule has 0 unspecified atom stereocenters. The van der Waals surface area contributed by atoms with Crippen LogP contribution >= 0.6 is 11.6 Å². The molecule has 0 amide bonds. The Balaban J connectivity index is 2.35. The van der Waals surface area contributed by atoms with Crippen LogP contribution in [0.2, 0.25) is 5.02 Å². The van der Waals surface area contributed by atoms with E-state index in [9.17, 15) is 0 Å². The van der Waals surface area contributed by atoms with E-state index in [4.69, 9.17) is 16.9 Å². The maximum Gasteiger partial charge on any atom is 0.101 e. The van der Waals surface area contributed by atoms with Crippen LogP contribution in [0.25, 0.3) is 0 Å². The molecule has 0 aromatic heterocycles. The minimum absolute atomic E-state index is 0.466. The highest BCUT2D eigenvalue weighted by atomic mass is 35.5. The van der Waals surface area contributed by atoms with E-state index in [1.54, 1.807) is 12.1 Å². The van der Waals surface area contributed by atoms with Crippen molar-refractivity contribution in [3.63, 3.8) is 0 Å². The first kappa shape index (κ1) is 12.5. The number of nitriles is 1. The summed E-state index contributed by atoms with van der Waals surface area (Å²) in [5.41, 5.74) is 4.81. The third-order valence-corrected chi connectivity index (χ3v) is 3.15. The molecule has 2 nitrogen and oxygen atoms in total. The molecule has 1 N–H and O–H groups in total. The molecule has 0 saturated carbocycles. The van der Waals surface area contributed by atoms with Crippen LogP contribution in [0.4, 0.5) is 11.4 Å². The van der Waals surface area contributed by atoms with Gasteiger partial charge in [0.2, 0.25) is 0 Å². The normalized spacial score (nSPS) is 9.89. The summed E-state index contributed by atoms with van der Waals surface area (Å²) in [5.74, 6) is 0. The number of aryl methyl sites for hydroxylation is 2. The predicted molar refractivity (Wildman–Crippen MR) is 75.4 cm³/mol. The van der Waals surface area contributed by atoms with Crippen LogP contribution in [0.1, 0.15) is 16.7 Å². The third-order valence-electron chi connectivity index (χ3n) is 2.84. The smallest absolute Gasteiger partial charge is 0.101 e. The maximum atomic E-state index is 8.83. The summed E-state index contributed by atoms with van der Waals surface area (Å²) in [6.07, 6.45) is 0. The molecule has 0 fully saturated rings. The summed E-state index contributed by atoms with van der Waals surface area (Å²) in [6, 6.07) is 13.5.